The quantitative estimate of drug-likeness (QED) is 0.856. The zero-order valence-electron chi connectivity index (χ0n) is 10.3. The van der Waals surface area contributed by atoms with Gasteiger partial charge in [0.05, 0.1) is 10.6 Å². The highest BCUT2D eigenvalue weighted by molar-refractivity contribution is 7.18. The number of nitrogens with one attached hydrogen (secondary N) is 1. The normalized spacial score (nSPS) is 10.7. The Morgan fingerprint density at radius 3 is 3.00 bits per heavy atom. The van der Waals surface area contributed by atoms with Crippen LogP contribution < -0.4 is 5.32 Å². The molecular weight excluding hydrogens is 232 g/mol. The van der Waals surface area contributed by atoms with Gasteiger partial charge in [0.1, 0.15) is 0 Å². The molecule has 2 aromatic rings. The third kappa shape index (κ3) is 2.85. The number of aryl methyl sites for hydroxylation is 1. The van der Waals surface area contributed by atoms with E-state index >= 15 is 0 Å². The summed E-state index contributed by atoms with van der Waals surface area (Å²) < 4.78 is 2.04. The van der Waals surface area contributed by atoms with Gasteiger partial charge in [-0.05, 0) is 18.9 Å². The van der Waals surface area contributed by atoms with E-state index in [0.29, 0.717) is 0 Å². The Morgan fingerprint density at radius 1 is 1.35 bits per heavy atom. The van der Waals surface area contributed by atoms with Gasteiger partial charge in [-0.3, -0.25) is 4.68 Å². The Kier molecular flexibility index (Phi) is 4.14. The lowest BCUT2D eigenvalue weighted by Gasteiger charge is -2.02. The van der Waals surface area contributed by atoms with Crippen molar-refractivity contribution in [2.45, 2.75) is 33.2 Å². The summed E-state index contributed by atoms with van der Waals surface area (Å²) in [5, 5.41) is 8.63. The first-order valence-corrected chi connectivity index (χ1v) is 6.88. The van der Waals surface area contributed by atoms with Crippen molar-refractivity contribution < 1.29 is 0 Å². The van der Waals surface area contributed by atoms with Gasteiger partial charge in [0.2, 0.25) is 0 Å². The van der Waals surface area contributed by atoms with Crippen LogP contribution in [0.4, 0.5) is 5.13 Å². The fourth-order valence-corrected chi connectivity index (χ4v) is 2.51. The monoisotopic (exact) mass is 250 g/mol. The summed E-state index contributed by atoms with van der Waals surface area (Å²) in [7, 11) is 0. The summed E-state index contributed by atoms with van der Waals surface area (Å²) in [6, 6.07) is 2.05. The smallest absolute Gasteiger partial charge is 0.183 e. The van der Waals surface area contributed by atoms with Gasteiger partial charge < -0.3 is 5.32 Å². The highest BCUT2D eigenvalue weighted by Crippen LogP contribution is 2.28. The number of aromatic nitrogens is 3. The number of thiazole rings is 1. The zero-order chi connectivity index (χ0) is 12.1. The van der Waals surface area contributed by atoms with E-state index in [1.807, 2.05) is 23.1 Å². The maximum absolute atomic E-state index is 4.38. The third-order valence-corrected chi connectivity index (χ3v) is 3.41. The van der Waals surface area contributed by atoms with Crippen LogP contribution in [-0.2, 0) is 6.54 Å². The third-order valence-electron chi connectivity index (χ3n) is 2.44. The minimum absolute atomic E-state index is 0.956. The van der Waals surface area contributed by atoms with Gasteiger partial charge in [0, 0.05) is 25.5 Å². The maximum atomic E-state index is 4.38. The van der Waals surface area contributed by atoms with Crippen LogP contribution in [0.15, 0.2) is 18.5 Å². The first-order chi connectivity index (χ1) is 8.35. The molecule has 0 saturated heterocycles. The second kappa shape index (κ2) is 5.82. The lowest BCUT2D eigenvalue weighted by Crippen LogP contribution is -2.00. The maximum Gasteiger partial charge on any atom is 0.183 e. The molecule has 0 amide bonds. The first-order valence-electron chi connectivity index (χ1n) is 6.07. The van der Waals surface area contributed by atoms with Crippen molar-refractivity contribution in [2.24, 2.45) is 0 Å². The topological polar surface area (TPSA) is 42.7 Å². The van der Waals surface area contributed by atoms with E-state index in [-0.39, 0.29) is 0 Å². The van der Waals surface area contributed by atoms with E-state index in [0.717, 1.165) is 36.8 Å². The predicted molar refractivity (Wildman–Crippen MR) is 72.4 cm³/mol. The van der Waals surface area contributed by atoms with Crippen molar-refractivity contribution >= 4 is 16.5 Å². The van der Waals surface area contributed by atoms with Crippen LogP contribution in [0.25, 0.3) is 10.6 Å². The molecule has 0 saturated carbocycles. The molecule has 2 aromatic heterocycles. The number of nitrogens with zero attached hydrogens (tertiary/aromatic N) is 3. The number of hydrogen-bond acceptors (Lipinski definition) is 4. The lowest BCUT2D eigenvalue weighted by molar-refractivity contribution is 0.609. The van der Waals surface area contributed by atoms with Gasteiger partial charge in [-0.25, -0.2) is 4.98 Å². The summed E-state index contributed by atoms with van der Waals surface area (Å²) in [6.45, 7) is 6.24. The predicted octanol–water partition coefficient (Wildman–Crippen LogP) is 3.24. The van der Waals surface area contributed by atoms with Crippen molar-refractivity contribution in [3.8, 4) is 10.6 Å². The Morgan fingerprint density at radius 2 is 2.24 bits per heavy atom. The molecule has 0 aliphatic heterocycles. The second-order valence-electron chi connectivity index (χ2n) is 3.90. The molecular formula is C12H18N4S. The molecule has 0 spiro atoms. The number of hydrogen-bond donors (Lipinski definition) is 1. The van der Waals surface area contributed by atoms with Gasteiger partial charge in [-0.1, -0.05) is 25.2 Å². The van der Waals surface area contributed by atoms with Gasteiger partial charge in [0.25, 0.3) is 0 Å². The first kappa shape index (κ1) is 12.1. The Balaban J connectivity index is 2.15. The summed E-state index contributed by atoms with van der Waals surface area (Å²) in [4.78, 5) is 5.55. The molecule has 2 rings (SSSR count). The molecule has 4 nitrogen and oxygen atoms in total. The van der Waals surface area contributed by atoms with Crippen molar-refractivity contribution in [3.05, 3.63) is 18.5 Å². The molecule has 0 aliphatic rings. The molecule has 0 unspecified atom stereocenters. The molecule has 5 heteroatoms. The molecule has 17 heavy (non-hydrogen) atoms. The molecule has 1 N–H and O–H groups in total. The Bertz CT molecular complexity index is 461. The van der Waals surface area contributed by atoms with Crippen molar-refractivity contribution in [3.63, 3.8) is 0 Å². The van der Waals surface area contributed by atoms with Crippen LogP contribution in [0.3, 0.4) is 0 Å². The summed E-state index contributed by atoms with van der Waals surface area (Å²) in [6.07, 6.45) is 5.98. The van der Waals surface area contributed by atoms with E-state index in [9.17, 15) is 0 Å². The van der Waals surface area contributed by atoms with Gasteiger partial charge in [-0.2, -0.15) is 5.10 Å². The van der Waals surface area contributed by atoms with E-state index in [1.165, 1.54) is 4.88 Å². The molecule has 0 aliphatic carbocycles. The highest BCUT2D eigenvalue weighted by Gasteiger charge is 2.08. The Hall–Kier alpha value is -1.36. The number of rotatable bonds is 6. The van der Waals surface area contributed by atoms with Crippen LogP contribution in [0.2, 0.25) is 0 Å². The molecule has 0 fully saturated rings. The molecule has 0 bridgehead atoms. The van der Waals surface area contributed by atoms with E-state index < -0.39 is 0 Å². The van der Waals surface area contributed by atoms with Gasteiger partial charge >= 0.3 is 0 Å². The SMILES string of the molecule is CCCNc1ncc(-c2ccnn2CCC)s1. The van der Waals surface area contributed by atoms with E-state index in [2.05, 4.69) is 29.2 Å². The lowest BCUT2D eigenvalue weighted by atomic mass is 10.3. The second-order valence-corrected chi connectivity index (χ2v) is 4.93. The van der Waals surface area contributed by atoms with Crippen LogP contribution in [0.1, 0.15) is 26.7 Å². The van der Waals surface area contributed by atoms with Crippen molar-refractivity contribution in [1.29, 1.82) is 0 Å². The van der Waals surface area contributed by atoms with Crippen LogP contribution >= 0.6 is 11.3 Å². The van der Waals surface area contributed by atoms with E-state index in [1.54, 1.807) is 11.3 Å². The zero-order valence-corrected chi connectivity index (χ0v) is 11.1. The van der Waals surface area contributed by atoms with Crippen LogP contribution in [0, 0.1) is 0 Å². The molecule has 0 atom stereocenters. The summed E-state index contributed by atoms with van der Waals surface area (Å²) in [5.74, 6) is 0. The fourth-order valence-electron chi connectivity index (χ4n) is 1.64. The molecule has 0 aromatic carbocycles. The average Bonchev–Trinajstić information content (AvgIpc) is 2.95. The largest absolute Gasteiger partial charge is 0.362 e. The Labute approximate surface area is 106 Å². The minimum atomic E-state index is 0.956. The van der Waals surface area contributed by atoms with Crippen LogP contribution in [-0.4, -0.2) is 21.3 Å². The summed E-state index contributed by atoms with van der Waals surface area (Å²) in [5.41, 5.74) is 1.16. The van der Waals surface area contributed by atoms with Crippen molar-refractivity contribution in [1.82, 2.24) is 14.8 Å². The van der Waals surface area contributed by atoms with Gasteiger partial charge in [0.15, 0.2) is 5.13 Å². The van der Waals surface area contributed by atoms with Crippen LogP contribution in [0.5, 0.6) is 0 Å². The standard InChI is InChI=1S/C12H18N4S/c1-3-6-13-12-14-9-11(17-12)10-5-7-15-16(10)8-4-2/h5,7,9H,3-4,6,8H2,1-2H3,(H,13,14). The molecule has 2 heterocycles. The minimum Gasteiger partial charge on any atom is -0.362 e. The summed E-state index contributed by atoms with van der Waals surface area (Å²) >= 11 is 1.69. The molecule has 0 radical (unpaired) electrons. The van der Waals surface area contributed by atoms with Crippen molar-refractivity contribution in [2.75, 3.05) is 11.9 Å². The average molecular weight is 250 g/mol. The molecule has 92 valence electrons. The van der Waals surface area contributed by atoms with E-state index in [4.69, 9.17) is 0 Å². The number of anilines is 1. The fraction of sp³-hybridized carbons (Fsp3) is 0.500. The highest BCUT2D eigenvalue weighted by atomic mass is 32.1. The van der Waals surface area contributed by atoms with Gasteiger partial charge in [-0.15, -0.1) is 0 Å².